The smallest absolute Gasteiger partial charge is 0.270 e. The van der Waals surface area contributed by atoms with E-state index < -0.39 is 0 Å². The van der Waals surface area contributed by atoms with Gasteiger partial charge in [0.25, 0.3) is 5.91 Å². The van der Waals surface area contributed by atoms with E-state index >= 15 is 0 Å². The molecule has 0 spiro atoms. The summed E-state index contributed by atoms with van der Waals surface area (Å²) in [6, 6.07) is 2.29. The van der Waals surface area contributed by atoms with Crippen molar-refractivity contribution < 1.29 is 4.79 Å². The molecule has 2 aromatic rings. The van der Waals surface area contributed by atoms with E-state index in [4.69, 9.17) is 0 Å². The molecule has 1 atom stereocenters. The molecule has 3 nitrogen and oxygen atoms in total. The van der Waals surface area contributed by atoms with Crippen LogP contribution >= 0.6 is 22.7 Å². The third kappa shape index (κ3) is 2.47. The van der Waals surface area contributed by atoms with Crippen molar-refractivity contribution in [1.29, 1.82) is 0 Å². The van der Waals surface area contributed by atoms with Crippen LogP contribution in [0.15, 0.2) is 22.2 Å². The van der Waals surface area contributed by atoms with Gasteiger partial charge < -0.3 is 5.32 Å². The van der Waals surface area contributed by atoms with Gasteiger partial charge >= 0.3 is 0 Å². The second-order valence-electron chi connectivity index (χ2n) is 4.65. The molecule has 1 fully saturated rings. The SMILES string of the molecule is C[C@H](NC(=O)c1csc(-c2ccsc2)n1)C1CC1. The molecule has 2 heterocycles. The number of hydrogen-bond acceptors (Lipinski definition) is 4. The standard InChI is InChI=1S/C13H14N2OS2/c1-8(9-2-3-9)14-12(16)11-7-18-13(15-11)10-4-5-17-6-10/h4-9H,2-3H2,1H3,(H,14,16)/t8-/m0/s1. The first-order valence-electron chi connectivity index (χ1n) is 6.03. The van der Waals surface area contributed by atoms with Gasteiger partial charge in [0.05, 0.1) is 0 Å². The molecule has 0 saturated heterocycles. The van der Waals surface area contributed by atoms with Crippen LogP contribution in [0.4, 0.5) is 0 Å². The highest BCUT2D eigenvalue weighted by atomic mass is 32.1. The average Bonchev–Trinajstić information content (AvgIpc) is 2.89. The third-order valence-corrected chi connectivity index (χ3v) is 4.77. The number of hydrogen-bond donors (Lipinski definition) is 1. The van der Waals surface area contributed by atoms with Crippen LogP contribution in [0, 0.1) is 5.92 Å². The number of nitrogens with one attached hydrogen (secondary N) is 1. The number of thiophene rings is 1. The molecule has 1 aliphatic rings. The highest BCUT2D eigenvalue weighted by molar-refractivity contribution is 7.14. The molecule has 0 bridgehead atoms. The van der Waals surface area contributed by atoms with Crippen molar-refractivity contribution in [3.63, 3.8) is 0 Å². The Morgan fingerprint density at radius 2 is 2.33 bits per heavy atom. The average molecular weight is 278 g/mol. The fourth-order valence-corrected chi connectivity index (χ4v) is 3.40. The first-order chi connectivity index (χ1) is 8.74. The molecule has 94 valence electrons. The summed E-state index contributed by atoms with van der Waals surface area (Å²) in [4.78, 5) is 16.4. The summed E-state index contributed by atoms with van der Waals surface area (Å²) in [6.07, 6.45) is 2.47. The Balaban J connectivity index is 1.70. The molecule has 1 aliphatic carbocycles. The lowest BCUT2D eigenvalue weighted by molar-refractivity contribution is 0.0931. The lowest BCUT2D eigenvalue weighted by Crippen LogP contribution is -2.34. The van der Waals surface area contributed by atoms with Crippen LogP contribution in [0.1, 0.15) is 30.3 Å². The normalized spacial score (nSPS) is 16.5. The maximum Gasteiger partial charge on any atom is 0.270 e. The van der Waals surface area contributed by atoms with Crippen LogP contribution < -0.4 is 5.32 Å². The van der Waals surface area contributed by atoms with Crippen molar-refractivity contribution in [3.8, 4) is 10.6 Å². The number of amides is 1. The van der Waals surface area contributed by atoms with Gasteiger partial charge in [0.2, 0.25) is 0 Å². The second-order valence-corrected chi connectivity index (χ2v) is 6.29. The largest absolute Gasteiger partial charge is 0.348 e. The van der Waals surface area contributed by atoms with Crippen molar-refractivity contribution in [3.05, 3.63) is 27.9 Å². The molecular formula is C13H14N2OS2. The molecule has 3 rings (SSSR count). The maximum atomic E-state index is 12.0. The van der Waals surface area contributed by atoms with Gasteiger partial charge in [-0.25, -0.2) is 4.98 Å². The Kier molecular flexibility index (Phi) is 3.18. The predicted molar refractivity (Wildman–Crippen MR) is 75.1 cm³/mol. The lowest BCUT2D eigenvalue weighted by Gasteiger charge is -2.10. The van der Waals surface area contributed by atoms with E-state index in [2.05, 4.69) is 17.2 Å². The molecule has 0 aromatic carbocycles. The second kappa shape index (κ2) is 4.82. The van der Waals surface area contributed by atoms with Crippen molar-refractivity contribution in [2.45, 2.75) is 25.8 Å². The highest BCUT2D eigenvalue weighted by Gasteiger charge is 2.29. The van der Waals surface area contributed by atoms with E-state index in [1.165, 1.54) is 24.2 Å². The summed E-state index contributed by atoms with van der Waals surface area (Å²) in [5.74, 6) is 0.621. The van der Waals surface area contributed by atoms with E-state index in [1.807, 2.05) is 22.2 Å². The minimum atomic E-state index is -0.0490. The third-order valence-electron chi connectivity index (χ3n) is 3.19. The summed E-state index contributed by atoms with van der Waals surface area (Å²) in [5.41, 5.74) is 1.63. The topological polar surface area (TPSA) is 42.0 Å². The fraction of sp³-hybridized carbons (Fsp3) is 0.385. The van der Waals surface area contributed by atoms with E-state index in [1.54, 1.807) is 11.3 Å². The first kappa shape index (κ1) is 11.9. The van der Waals surface area contributed by atoms with Crippen molar-refractivity contribution in [2.24, 2.45) is 5.92 Å². The Labute approximate surface area is 114 Å². The maximum absolute atomic E-state index is 12.0. The molecule has 1 saturated carbocycles. The quantitative estimate of drug-likeness (QED) is 0.931. The van der Waals surface area contributed by atoms with Gasteiger partial charge in [-0.3, -0.25) is 4.79 Å². The summed E-state index contributed by atoms with van der Waals surface area (Å²) in [6.45, 7) is 2.07. The summed E-state index contributed by atoms with van der Waals surface area (Å²) in [7, 11) is 0. The molecule has 5 heteroatoms. The van der Waals surface area contributed by atoms with E-state index in [0.717, 1.165) is 10.6 Å². The highest BCUT2D eigenvalue weighted by Crippen LogP contribution is 2.32. The summed E-state index contributed by atoms with van der Waals surface area (Å²) >= 11 is 3.16. The van der Waals surface area contributed by atoms with E-state index in [0.29, 0.717) is 11.6 Å². The Bertz CT molecular complexity index is 543. The van der Waals surface area contributed by atoms with Gasteiger partial charge in [0.1, 0.15) is 10.7 Å². The van der Waals surface area contributed by atoms with Crippen LogP contribution in [-0.2, 0) is 0 Å². The van der Waals surface area contributed by atoms with E-state index in [-0.39, 0.29) is 11.9 Å². The number of carbonyl (C=O) groups excluding carboxylic acids is 1. The van der Waals surface area contributed by atoms with Gasteiger partial charge in [0.15, 0.2) is 0 Å². The lowest BCUT2D eigenvalue weighted by atomic mass is 10.2. The molecule has 0 radical (unpaired) electrons. The van der Waals surface area contributed by atoms with Crippen LogP contribution in [0.5, 0.6) is 0 Å². The van der Waals surface area contributed by atoms with Crippen LogP contribution in [0.3, 0.4) is 0 Å². The number of rotatable bonds is 4. The molecule has 2 aromatic heterocycles. The van der Waals surface area contributed by atoms with Crippen molar-refractivity contribution in [2.75, 3.05) is 0 Å². The van der Waals surface area contributed by atoms with Crippen molar-refractivity contribution >= 4 is 28.6 Å². The summed E-state index contributed by atoms with van der Waals surface area (Å²) < 4.78 is 0. The van der Waals surface area contributed by atoms with Gasteiger partial charge in [-0.05, 0) is 37.1 Å². The number of aromatic nitrogens is 1. The molecule has 0 unspecified atom stereocenters. The minimum Gasteiger partial charge on any atom is -0.348 e. The van der Waals surface area contributed by atoms with Crippen LogP contribution in [0.25, 0.3) is 10.6 Å². The zero-order valence-corrected chi connectivity index (χ0v) is 11.7. The zero-order chi connectivity index (χ0) is 12.5. The van der Waals surface area contributed by atoms with Crippen molar-refractivity contribution in [1.82, 2.24) is 10.3 Å². The molecule has 0 aliphatic heterocycles. The van der Waals surface area contributed by atoms with Gasteiger partial charge in [-0.2, -0.15) is 11.3 Å². The van der Waals surface area contributed by atoms with E-state index in [9.17, 15) is 4.79 Å². The Morgan fingerprint density at radius 3 is 3.00 bits per heavy atom. The number of thiazole rings is 1. The molecule has 1 N–H and O–H groups in total. The molecule has 1 amide bonds. The van der Waals surface area contributed by atoms with Crippen LogP contribution in [0.2, 0.25) is 0 Å². The number of nitrogens with zero attached hydrogens (tertiary/aromatic N) is 1. The monoisotopic (exact) mass is 278 g/mol. The van der Waals surface area contributed by atoms with Gasteiger partial charge in [0, 0.05) is 22.4 Å². The molecular weight excluding hydrogens is 264 g/mol. The first-order valence-corrected chi connectivity index (χ1v) is 7.85. The van der Waals surface area contributed by atoms with Gasteiger partial charge in [-0.1, -0.05) is 0 Å². The Morgan fingerprint density at radius 1 is 1.50 bits per heavy atom. The molecule has 18 heavy (non-hydrogen) atoms. The number of carbonyl (C=O) groups is 1. The Hall–Kier alpha value is -1.20. The zero-order valence-electron chi connectivity index (χ0n) is 10.1. The van der Waals surface area contributed by atoms with Crippen LogP contribution in [-0.4, -0.2) is 16.9 Å². The van der Waals surface area contributed by atoms with Gasteiger partial charge in [-0.15, -0.1) is 11.3 Å². The predicted octanol–water partition coefficient (Wildman–Crippen LogP) is 3.40. The fourth-order valence-electron chi connectivity index (χ4n) is 1.89. The summed E-state index contributed by atoms with van der Waals surface area (Å²) in [5, 5.41) is 9.85. The minimum absolute atomic E-state index is 0.0490.